The summed E-state index contributed by atoms with van der Waals surface area (Å²) in [6, 6.07) is 16.6. The number of benzene rings is 2. The van der Waals surface area contributed by atoms with Gasteiger partial charge in [0, 0.05) is 42.7 Å². The van der Waals surface area contributed by atoms with Crippen LogP contribution in [0.2, 0.25) is 0 Å². The molecule has 1 aliphatic rings. The number of anilines is 1. The average molecular weight is 468 g/mol. The molecule has 0 unspecified atom stereocenters. The van der Waals surface area contributed by atoms with Crippen LogP contribution in [-0.2, 0) is 14.8 Å². The number of hydrazone groups is 1. The van der Waals surface area contributed by atoms with Crippen LogP contribution in [0.3, 0.4) is 0 Å². The third kappa shape index (κ3) is 5.06. The van der Waals surface area contributed by atoms with Gasteiger partial charge in [-0.1, -0.05) is 30.3 Å². The maximum absolute atomic E-state index is 12.9. The van der Waals surface area contributed by atoms with E-state index in [1.54, 1.807) is 24.5 Å². The number of aromatic nitrogens is 1. The molecule has 1 fully saturated rings. The predicted octanol–water partition coefficient (Wildman–Crippen LogP) is 2.88. The van der Waals surface area contributed by atoms with E-state index >= 15 is 0 Å². The Balaban J connectivity index is 1.69. The van der Waals surface area contributed by atoms with Gasteiger partial charge in [0.25, 0.3) is 5.69 Å². The summed E-state index contributed by atoms with van der Waals surface area (Å²) in [5.74, 6) is 0. The van der Waals surface area contributed by atoms with E-state index in [-0.39, 0.29) is 36.9 Å². The van der Waals surface area contributed by atoms with Crippen LogP contribution in [0.25, 0.3) is 0 Å². The van der Waals surface area contributed by atoms with Gasteiger partial charge in [0.05, 0.1) is 28.7 Å². The number of nitrogens with one attached hydrogen (secondary N) is 1. The Morgan fingerprint density at radius 2 is 1.70 bits per heavy atom. The van der Waals surface area contributed by atoms with Crippen LogP contribution in [0.4, 0.5) is 11.4 Å². The molecule has 2 aromatic carbocycles. The molecule has 11 heteroatoms. The second-order valence-corrected chi connectivity index (χ2v) is 9.06. The van der Waals surface area contributed by atoms with Crippen molar-refractivity contribution in [3.05, 3.63) is 94.3 Å². The van der Waals surface area contributed by atoms with Crippen LogP contribution in [0.1, 0.15) is 11.1 Å². The van der Waals surface area contributed by atoms with E-state index in [1.165, 1.54) is 16.4 Å². The lowest BCUT2D eigenvalue weighted by Crippen LogP contribution is -2.40. The van der Waals surface area contributed by atoms with Crippen LogP contribution in [0, 0.1) is 10.1 Å². The molecule has 4 rings (SSSR count). The third-order valence-electron chi connectivity index (χ3n) is 5.06. The zero-order valence-electron chi connectivity index (χ0n) is 17.5. The molecule has 170 valence electrons. The Morgan fingerprint density at radius 1 is 1.03 bits per heavy atom. The molecule has 0 radical (unpaired) electrons. The van der Waals surface area contributed by atoms with E-state index in [2.05, 4.69) is 15.5 Å². The highest BCUT2D eigenvalue weighted by Gasteiger charge is 2.29. The van der Waals surface area contributed by atoms with Gasteiger partial charge in [-0.05, 0) is 24.3 Å². The van der Waals surface area contributed by atoms with Gasteiger partial charge < -0.3 is 4.74 Å². The first-order valence-corrected chi connectivity index (χ1v) is 11.6. The maximum atomic E-state index is 12.9. The van der Waals surface area contributed by atoms with Gasteiger partial charge in [0.15, 0.2) is 0 Å². The first-order chi connectivity index (χ1) is 16.0. The summed E-state index contributed by atoms with van der Waals surface area (Å²) in [5, 5.41) is 16.2. The first kappa shape index (κ1) is 22.5. The smallest absolute Gasteiger partial charge is 0.295 e. The summed E-state index contributed by atoms with van der Waals surface area (Å²) in [7, 11) is -3.87. The highest BCUT2D eigenvalue weighted by atomic mass is 32.2. The molecule has 0 aliphatic carbocycles. The molecule has 0 amide bonds. The van der Waals surface area contributed by atoms with Crippen molar-refractivity contribution in [2.45, 2.75) is 4.90 Å². The number of ether oxygens (including phenoxy) is 1. The summed E-state index contributed by atoms with van der Waals surface area (Å²) in [5.41, 5.74) is 4.54. The van der Waals surface area contributed by atoms with E-state index in [4.69, 9.17) is 4.74 Å². The Morgan fingerprint density at radius 3 is 2.36 bits per heavy atom. The van der Waals surface area contributed by atoms with Crippen LogP contribution in [-0.4, -0.2) is 54.6 Å². The molecule has 0 saturated carbocycles. The molecular formula is C22H21N5O5S. The van der Waals surface area contributed by atoms with E-state index in [0.29, 0.717) is 5.71 Å². The summed E-state index contributed by atoms with van der Waals surface area (Å²) in [4.78, 5) is 15.0. The Labute approximate surface area is 190 Å². The quantitative estimate of drug-likeness (QED) is 0.321. The van der Waals surface area contributed by atoms with E-state index in [9.17, 15) is 18.5 Å². The molecule has 1 aliphatic heterocycles. The van der Waals surface area contributed by atoms with Crippen LogP contribution >= 0.6 is 0 Å². The van der Waals surface area contributed by atoms with E-state index < -0.39 is 20.6 Å². The minimum absolute atomic E-state index is 0.0726. The van der Waals surface area contributed by atoms with Crippen molar-refractivity contribution in [1.29, 1.82) is 0 Å². The van der Waals surface area contributed by atoms with Gasteiger partial charge in [0.1, 0.15) is 5.69 Å². The lowest BCUT2D eigenvalue weighted by Gasteiger charge is -2.26. The normalized spacial score (nSPS) is 15.2. The number of pyridine rings is 1. The second-order valence-electron chi connectivity index (χ2n) is 7.13. The van der Waals surface area contributed by atoms with Crippen molar-refractivity contribution in [2.24, 2.45) is 5.10 Å². The lowest BCUT2D eigenvalue weighted by molar-refractivity contribution is -0.384. The first-order valence-electron chi connectivity index (χ1n) is 10.1. The molecule has 0 atom stereocenters. The fraction of sp³-hybridized carbons (Fsp3) is 0.182. The fourth-order valence-corrected chi connectivity index (χ4v) is 4.80. The van der Waals surface area contributed by atoms with Crippen molar-refractivity contribution >= 4 is 27.1 Å². The Bertz CT molecular complexity index is 1220. The second kappa shape index (κ2) is 9.86. The number of hydrogen-bond donors (Lipinski definition) is 1. The number of rotatable bonds is 7. The minimum Gasteiger partial charge on any atom is -0.379 e. The lowest BCUT2D eigenvalue weighted by atomic mass is 10.0. The van der Waals surface area contributed by atoms with Crippen molar-refractivity contribution in [2.75, 3.05) is 31.7 Å². The van der Waals surface area contributed by atoms with Crippen LogP contribution < -0.4 is 5.43 Å². The number of sulfonamides is 1. The number of nitrogens with zero attached hydrogens (tertiary/aromatic N) is 4. The molecule has 1 saturated heterocycles. The van der Waals surface area contributed by atoms with Crippen molar-refractivity contribution in [3.63, 3.8) is 0 Å². The highest BCUT2D eigenvalue weighted by molar-refractivity contribution is 7.89. The monoisotopic (exact) mass is 467 g/mol. The maximum Gasteiger partial charge on any atom is 0.295 e. The van der Waals surface area contributed by atoms with Crippen molar-refractivity contribution in [3.8, 4) is 0 Å². The van der Waals surface area contributed by atoms with Crippen molar-refractivity contribution in [1.82, 2.24) is 9.29 Å². The van der Waals surface area contributed by atoms with E-state index in [1.807, 2.05) is 30.3 Å². The van der Waals surface area contributed by atoms with Gasteiger partial charge in [-0.2, -0.15) is 9.41 Å². The van der Waals surface area contributed by atoms with Gasteiger partial charge in [0.2, 0.25) is 10.0 Å². The summed E-state index contributed by atoms with van der Waals surface area (Å²) in [6.45, 7) is 0.972. The molecule has 33 heavy (non-hydrogen) atoms. The molecule has 1 N–H and O–H groups in total. The van der Waals surface area contributed by atoms with Crippen LogP contribution in [0.5, 0.6) is 0 Å². The average Bonchev–Trinajstić information content (AvgIpc) is 2.86. The highest BCUT2D eigenvalue weighted by Crippen LogP contribution is 2.29. The molecular weight excluding hydrogens is 446 g/mol. The minimum atomic E-state index is -3.87. The van der Waals surface area contributed by atoms with Crippen LogP contribution in [0.15, 0.2) is 83.1 Å². The number of morpholine rings is 1. The zero-order valence-corrected chi connectivity index (χ0v) is 18.3. The molecule has 3 aromatic rings. The topological polar surface area (TPSA) is 127 Å². The number of nitro groups is 1. The Hall–Kier alpha value is -3.67. The van der Waals surface area contributed by atoms with Gasteiger partial charge in [-0.3, -0.25) is 20.5 Å². The summed E-state index contributed by atoms with van der Waals surface area (Å²) >= 11 is 0. The van der Waals surface area contributed by atoms with Crippen molar-refractivity contribution < 1.29 is 18.1 Å². The molecule has 2 heterocycles. The zero-order chi connectivity index (χ0) is 23.3. The summed E-state index contributed by atoms with van der Waals surface area (Å²) < 4.78 is 32.3. The standard InChI is InChI=1S/C22H21N5O5S/c28-27(29)21-16-19(33(30,31)26-12-14-32-15-13-26)6-7-20(21)24-25-22(17-4-2-1-3-5-17)18-8-10-23-11-9-18/h1-11,16,24H,12-15H2/b25-22-. The third-order valence-corrected chi connectivity index (χ3v) is 6.96. The molecule has 10 nitrogen and oxygen atoms in total. The fourth-order valence-electron chi connectivity index (χ4n) is 3.37. The predicted molar refractivity (Wildman–Crippen MR) is 123 cm³/mol. The van der Waals surface area contributed by atoms with Gasteiger partial charge in [-0.15, -0.1) is 0 Å². The number of hydrogen-bond acceptors (Lipinski definition) is 8. The molecule has 0 spiro atoms. The van der Waals surface area contributed by atoms with Gasteiger partial charge in [-0.25, -0.2) is 8.42 Å². The molecule has 0 bridgehead atoms. The van der Waals surface area contributed by atoms with E-state index in [0.717, 1.165) is 17.2 Å². The number of nitro benzene ring substituents is 1. The summed E-state index contributed by atoms with van der Waals surface area (Å²) in [6.07, 6.45) is 3.25. The largest absolute Gasteiger partial charge is 0.379 e. The molecule has 1 aromatic heterocycles. The SMILES string of the molecule is O=[N+]([O-])c1cc(S(=O)(=O)N2CCOCC2)ccc1N/N=C(/c1ccccc1)c1ccncc1. The van der Waals surface area contributed by atoms with Gasteiger partial charge >= 0.3 is 0 Å². The Kier molecular flexibility index (Phi) is 6.73.